The van der Waals surface area contributed by atoms with E-state index < -0.39 is 10.9 Å². The molecule has 1 aliphatic rings. The van der Waals surface area contributed by atoms with Crippen molar-refractivity contribution in [3.8, 4) is 5.75 Å². The van der Waals surface area contributed by atoms with Gasteiger partial charge in [-0.3, -0.25) is 4.79 Å². The maximum Gasteiger partial charge on any atom is 0.284 e. The molecule has 0 aromatic heterocycles. The first kappa shape index (κ1) is 17.4. The zero-order valence-corrected chi connectivity index (χ0v) is 13.4. The summed E-state index contributed by atoms with van der Waals surface area (Å²) < 4.78 is 10.3. The molecule has 0 radical (unpaired) electrons. The third kappa shape index (κ3) is 4.29. The number of guanidine groups is 1. The number of ether oxygens (including phenoxy) is 2. The van der Waals surface area contributed by atoms with Gasteiger partial charge >= 0.3 is 0 Å². The van der Waals surface area contributed by atoms with Crippen molar-refractivity contribution in [1.82, 2.24) is 9.80 Å². The number of amides is 1. The van der Waals surface area contributed by atoms with E-state index in [1.54, 1.807) is 44.4 Å². The minimum absolute atomic E-state index is 0.0295. The van der Waals surface area contributed by atoms with Crippen LogP contribution in [0.25, 0.3) is 6.08 Å². The Morgan fingerprint density at radius 3 is 2.71 bits per heavy atom. The molecule has 1 fully saturated rings. The van der Waals surface area contributed by atoms with Crippen LogP contribution in [0.15, 0.2) is 35.4 Å². The molecule has 1 saturated heterocycles. The smallest absolute Gasteiger partial charge is 0.284 e. The number of carbonyl (C=O) groups is 1. The van der Waals surface area contributed by atoms with E-state index in [1.165, 1.54) is 11.0 Å². The minimum Gasteiger partial charge on any atom is -0.497 e. The van der Waals surface area contributed by atoms with Crippen LogP contribution in [0.5, 0.6) is 5.75 Å². The molecular formula is C15H18N4O5. The van der Waals surface area contributed by atoms with E-state index in [2.05, 4.69) is 5.10 Å². The van der Waals surface area contributed by atoms with Crippen molar-refractivity contribution in [3.63, 3.8) is 0 Å². The van der Waals surface area contributed by atoms with E-state index in [0.717, 1.165) is 10.5 Å². The van der Waals surface area contributed by atoms with Crippen LogP contribution < -0.4 is 4.74 Å². The highest BCUT2D eigenvalue weighted by molar-refractivity contribution is 6.03. The van der Waals surface area contributed by atoms with Crippen molar-refractivity contribution in [2.24, 2.45) is 5.10 Å². The minimum atomic E-state index is -0.823. The van der Waals surface area contributed by atoms with E-state index in [4.69, 9.17) is 9.47 Å². The molecule has 0 unspecified atom stereocenters. The molecule has 0 saturated carbocycles. The summed E-state index contributed by atoms with van der Waals surface area (Å²) in [6.45, 7) is 2.28. The second-order valence-electron chi connectivity index (χ2n) is 4.83. The second-order valence-corrected chi connectivity index (χ2v) is 4.83. The number of hydrazone groups is 1. The monoisotopic (exact) mass is 334 g/mol. The largest absolute Gasteiger partial charge is 0.497 e. The summed E-state index contributed by atoms with van der Waals surface area (Å²) in [6, 6.07) is 7.12. The molecule has 24 heavy (non-hydrogen) atoms. The van der Waals surface area contributed by atoms with Crippen LogP contribution in [0.4, 0.5) is 0 Å². The summed E-state index contributed by atoms with van der Waals surface area (Å²) in [4.78, 5) is 25.7. The fourth-order valence-electron chi connectivity index (χ4n) is 2.09. The van der Waals surface area contributed by atoms with Crippen LogP contribution in [0.2, 0.25) is 0 Å². The average Bonchev–Trinajstić information content (AvgIpc) is 2.59. The number of hydrogen-bond donors (Lipinski definition) is 0. The molecule has 0 spiro atoms. The van der Waals surface area contributed by atoms with Gasteiger partial charge in [0.15, 0.2) is 5.03 Å². The Morgan fingerprint density at radius 2 is 2.12 bits per heavy atom. The van der Waals surface area contributed by atoms with Gasteiger partial charge < -0.3 is 14.4 Å². The summed E-state index contributed by atoms with van der Waals surface area (Å²) in [5.41, 5.74) is 0.794. The zero-order valence-electron chi connectivity index (χ0n) is 13.4. The molecule has 9 heteroatoms. The van der Waals surface area contributed by atoms with Gasteiger partial charge in [-0.2, -0.15) is 0 Å². The molecule has 2 rings (SSSR count). The van der Waals surface area contributed by atoms with Gasteiger partial charge in [0.25, 0.3) is 11.9 Å². The van der Waals surface area contributed by atoms with Gasteiger partial charge in [-0.1, -0.05) is 12.1 Å². The zero-order chi connectivity index (χ0) is 17.5. The first-order valence-corrected chi connectivity index (χ1v) is 7.24. The normalized spacial score (nSPS) is 16.7. The Morgan fingerprint density at radius 1 is 1.42 bits per heavy atom. The molecule has 1 amide bonds. The topological polar surface area (TPSA) is 97.5 Å². The van der Waals surface area contributed by atoms with E-state index in [9.17, 15) is 14.9 Å². The SMILES string of the molecule is CCN1COCN(C(=O)/C=C/c2ccc(OC)cc2)/C1=N/[N+](=O)[O-]. The van der Waals surface area contributed by atoms with Gasteiger partial charge in [-0.05, 0) is 30.7 Å². The van der Waals surface area contributed by atoms with Crippen molar-refractivity contribution in [2.75, 3.05) is 27.1 Å². The van der Waals surface area contributed by atoms with Crippen LogP contribution in [-0.2, 0) is 9.53 Å². The highest BCUT2D eigenvalue weighted by Crippen LogP contribution is 2.13. The summed E-state index contributed by atoms with van der Waals surface area (Å²) in [6.07, 6.45) is 2.93. The maximum absolute atomic E-state index is 12.4. The maximum atomic E-state index is 12.4. The second kappa shape index (κ2) is 8.06. The van der Waals surface area contributed by atoms with Crippen LogP contribution in [0, 0.1) is 10.1 Å². The first-order valence-electron chi connectivity index (χ1n) is 7.24. The molecule has 0 bridgehead atoms. The Labute approximate surface area is 138 Å². The van der Waals surface area contributed by atoms with Gasteiger partial charge in [0.05, 0.1) is 7.11 Å². The molecule has 0 aliphatic carbocycles. The highest BCUT2D eigenvalue weighted by atomic mass is 16.7. The van der Waals surface area contributed by atoms with E-state index in [1.807, 2.05) is 0 Å². The lowest BCUT2D eigenvalue weighted by molar-refractivity contribution is -0.486. The van der Waals surface area contributed by atoms with E-state index in [-0.39, 0.29) is 19.4 Å². The molecule has 1 aromatic carbocycles. The predicted molar refractivity (Wildman–Crippen MR) is 86.5 cm³/mol. The van der Waals surface area contributed by atoms with Crippen molar-refractivity contribution >= 4 is 17.9 Å². The number of nitrogens with zero attached hydrogens (tertiary/aromatic N) is 4. The molecule has 1 heterocycles. The number of hydrogen-bond acceptors (Lipinski definition) is 5. The van der Waals surface area contributed by atoms with Crippen LogP contribution >= 0.6 is 0 Å². The molecule has 1 aromatic rings. The lowest BCUT2D eigenvalue weighted by atomic mass is 10.2. The number of benzene rings is 1. The number of carbonyl (C=O) groups excluding carboxylic acids is 1. The third-order valence-corrected chi connectivity index (χ3v) is 3.34. The summed E-state index contributed by atoms with van der Waals surface area (Å²) in [7, 11) is 1.57. The lowest BCUT2D eigenvalue weighted by Crippen LogP contribution is -2.53. The van der Waals surface area contributed by atoms with E-state index in [0.29, 0.717) is 12.3 Å². The molecule has 0 N–H and O–H groups in total. The summed E-state index contributed by atoms with van der Waals surface area (Å²) in [5.74, 6) is 0.226. The Kier molecular flexibility index (Phi) is 5.85. The molecule has 128 valence electrons. The highest BCUT2D eigenvalue weighted by Gasteiger charge is 2.30. The van der Waals surface area contributed by atoms with Gasteiger partial charge in [0.1, 0.15) is 24.3 Å². The van der Waals surface area contributed by atoms with E-state index >= 15 is 0 Å². The van der Waals surface area contributed by atoms with Gasteiger partial charge in [-0.25, -0.2) is 15.0 Å². The third-order valence-electron chi connectivity index (χ3n) is 3.34. The fourth-order valence-corrected chi connectivity index (χ4v) is 2.09. The molecule has 1 aliphatic heterocycles. The van der Waals surface area contributed by atoms with Gasteiger partial charge in [0, 0.05) is 12.6 Å². The first-order chi connectivity index (χ1) is 11.5. The van der Waals surface area contributed by atoms with Crippen molar-refractivity contribution in [1.29, 1.82) is 0 Å². The Balaban J connectivity index is 2.16. The van der Waals surface area contributed by atoms with Crippen LogP contribution in [0.1, 0.15) is 12.5 Å². The average molecular weight is 334 g/mol. The predicted octanol–water partition coefficient (Wildman–Crippen LogP) is 1.35. The number of rotatable bonds is 5. The van der Waals surface area contributed by atoms with Crippen LogP contribution in [-0.4, -0.2) is 53.8 Å². The Bertz CT molecular complexity index is 656. The van der Waals surface area contributed by atoms with Crippen LogP contribution in [0.3, 0.4) is 0 Å². The van der Waals surface area contributed by atoms with Gasteiger partial charge in [-0.15, -0.1) is 0 Å². The molecule has 0 atom stereocenters. The summed E-state index contributed by atoms with van der Waals surface area (Å²) >= 11 is 0. The Hall–Kier alpha value is -2.94. The van der Waals surface area contributed by atoms with Crippen molar-refractivity contribution in [2.45, 2.75) is 6.92 Å². The van der Waals surface area contributed by atoms with Crippen molar-refractivity contribution in [3.05, 3.63) is 46.0 Å². The molecule has 9 nitrogen and oxygen atoms in total. The summed E-state index contributed by atoms with van der Waals surface area (Å²) in [5, 5.41) is 13.2. The quantitative estimate of drug-likeness (QED) is 0.458. The standard InChI is InChI=1S/C15H18N4O5/c1-3-17-10-24-11-18(15(17)16-19(21)22)14(20)9-6-12-4-7-13(23-2)8-5-12/h4-9H,3,10-11H2,1-2H3/b9-6+,16-15+. The molecular weight excluding hydrogens is 316 g/mol. The van der Waals surface area contributed by atoms with Gasteiger partial charge in [0.2, 0.25) is 0 Å². The fraction of sp³-hybridized carbons (Fsp3) is 0.333. The van der Waals surface area contributed by atoms with Crippen molar-refractivity contribution < 1.29 is 19.3 Å². The lowest BCUT2D eigenvalue weighted by Gasteiger charge is -2.34. The number of nitro groups is 1. The number of methoxy groups -OCH3 is 1.